The third kappa shape index (κ3) is 3.14. The number of hydrazine groups is 1. The largest absolute Gasteiger partial charge is 0.479 e. The molecule has 104 valence electrons. The highest BCUT2D eigenvalue weighted by Crippen LogP contribution is 2.34. The lowest BCUT2D eigenvalue weighted by Crippen LogP contribution is -2.08. The van der Waals surface area contributed by atoms with E-state index in [0.29, 0.717) is 11.4 Å². The van der Waals surface area contributed by atoms with Crippen molar-refractivity contribution in [3.05, 3.63) is 57.4 Å². The number of benzene rings is 1. The monoisotopic (exact) mass is 294 g/mol. The zero-order valence-corrected chi connectivity index (χ0v) is 11.0. The molecule has 0 fully saturated rings. The maximum absolute atomic E-state index is 10.9. The van der Waals surface area contributed by atoms with Gasteiger partial charge in [0.1, 0.15) is 6.61 Å². The molecule has 1 aromatic heterocycles. The van der Waals surface area contributed by atoms with Gasteiger partial charge in [-0.1, -0.05) is 17.7 Å². The van der Waals surface area contributed by atoms with Gasteiger partial charge in [0.25, 0.3) is 0 Å². The number of anilines is 1. The summed E-state index contributed by atoms with van der Waals surface area (Å²) in [5.74, 6) is 5.31. The number of hydrogen-bond acceptors (Lipinski definition) is 6. The van der Waals surface area contributed by atoms with Gasteiger partial charge in [-0.05, 0) is 18.2 Å². The van der Waals surface area contributed by atoms with Gasteiger partial charge in [-0.3, -0.25) is 20.9 Å². The Morgan fingerprint density at radius 2 is 2.25 bits per heavy atom. The highest BCUT2D eigenvalue weighted by molar-refractivity contribution is 6.32. The summed E-state index contributed by atoms with van der Waals surface area (Å²) < 4.78 is 5.41. The maximum Gasteiger partial charge on any atom is 0.312 e. The number of aromatic nitrogens is 1. The van der Waals surface area contributed by atoms with Crippen LogP contribution in [0.5, 0.6) is 5.75 Å². The Kier molecular flexibility index (Phi) is 4.34. The van der Waals surface area contributed by atoms with E-state index in [4.69, 9.17) is 22.2 Å². The smallest absolute Gasteiger partial charge is 0.312 e. The topological polar surface area (TPSA) is 103 Å². The fraction of sp³-hybridized carbons (Fsp3) is 0.0833. The highest BCUT2D eigenvalue weighted by atomic mass is 35.5. The van der Waals surface area contributed by atoms with Gasteiger partial charge in [-0.25, -0.2) is 0 Å². The van der Waals surface area contributed by atoms with Gasteiger partial charge < -0.3 is 10.2 Å². The van der Waals surface area contributed by atoms with E-state index < -0.39 is 4.92 Å². The Balaban J connectivity index is 2.20. The molecule has 20 heavy (non-hydrogen) atoms. The van der Waals surface area contributed by atoms with Gasteiger partial charge in [-0.2, -0.15) is 0 Å². The summed E-state index contributed by atoms with van der Waals surface area (Å²) in [7, 11) is 0. The van der Waals surface area contributed by atoms with Gasteiger partial charge in [0.15, 0.2) is 0 Å². The van der Waals surface area contributed by atoms with Crippen molar-refractivity contribution in [1.29, 1.82) is 0 Å². The molecule has 2 rings (SSSR count). The third-order valence-corrected chi connectivity index (χ3v) is 2.79. The second-order valence-corrected chi connectivity index (χ2v) is 4.22. The minimum Gasteiger partial charge on any atom is -0.479 e. The lowest BCUT2D eigenvalue weighted by Gasteiger charge is -2.08. The van der Waals surface area contributed by atoms with Crippen LogP contribution in [0.4, 0.5) is 11.4 Å². The van der Waals surface area contributed by atoms with E-state index in [9.17, 15) is 10.1 Å². The minimum absolute atomic E-state index is 0.0204. The van der Waals surface area contributed by atoms with Crippen LogP contribution in [0, 0.1) is 10.1 Å². The van der Waals surface area contributed by atoms with Crippen molar-refractivity contribution in [3.8, 4) is 5.75 Å². The van der Waals surface area contributed by atoms with E-state index in [1.165, 1.54) is 18.2 Å². The fourth-order valence-electron chi connectivity index (χ4n) is 1.58. The molecule has 1 heterocycles. The first-order valence-corrected chi connectivity index (χ1v) is 5.97. The summed E-state index contributed by atoms with van der Waals surface area (Å²) >= 11 is 5.92. The lowest BCUT2D eigenvalue weighted by molar-refractivity contribution is -0.385. The van der Waals surface area contributed by atoms with Crippen LogP contribution >= 0.6 is 11.6 Å². The van der Waals surface area contributed by atoms with Gasteiger partial charge in [0.05, 0.1) is 21.3 Å². The van der Waals surface area contributed by atoms with E-state index in [-0.39, 0.29) is 23.1 Å². The number of pyridine rings is 1. The van der Waals surface area contributed by atoms with Crippen molar-refractivity contribution < 1.29 is 9.66 Å². The molecular weight excluding hydrogens is 284 g/mol. The van der Waals surface area contributed by atoms with Gasteiger partial charge in [-0.15, -0.1) is 0 Å². The first kappa shape index (κ1) is 14.0. The van der Waals surface area contributed by atoms with Gasteiger partial charge in [0, 0.05) is 12.3 Å². The highest BCUT2D eigenvalue weighted by Gasteiger charge is 2.18. The summed E-state index contributed by atoms with van der Waals surface area (Å²) in [6.45, 7) is 0.0418. The van der Waals surface area contributed by atoms with E-state index in [0.717, 1.165) is 0 Å². The first-order chi connectivity index (χ1) is 9.61. The van der Waals surface area contributed by atoms with Crippen LogP contribution in [0.2, 0.25) is 5.02 Å². The molecule has 0 unspecified atom stereocenters. The molecule has 0 spiro atoms. The Bertz CT molecular complexity index is 636. The number of ether oxygens (including phenoxy) is 1. The number of rotatable bonds is 5. The Morgan fingerprint density at radius 3 is 2.95 bits per heavy atom. The van der Waals surface area contributed by atoms with Crippen molar-refractivity contribution in [3.63, 3.8) is 0 Å². The molecule has 1 aromatic carbocycles. The molecular formula is C12H11ClN4O3. The number of nitro benzene ring substituents is 1. The molecule has 2 aromatic rings. The number of hydrogen-bond donors (Lipinski definition) is 2. The van der Waals surface area contributed by atoms with Crippen molar-refractivity contribution >= 4 is 23.0 Å². The molecule has 0 saturated carbocycles. The number of halogens is 1. The maximum atomic E-state index is 10.9. The normalized spacial score (nSPS) is 10.1. The van der Waals surface area contributed by atoms with Crippen molar-refractivity contribution in [2.75, 3.05) is 5.43 Å². The molecule has 0 aliphatic carbocycles. The van der Waals surface area contributed by atoms with Crippen LogP contribution in [0.3, 0.4) is 0 Å². The molecule has 0 saturated heterocycles. The number of nitrogens with two attached hydrogens (primary N) is 1. The average Bonchev–Trinajstić information content (AvgIpc) is 2.45. The zero-order valence-electron chi connectivity index (χ0n) is 10.2. The van der Waals surface area contributed by atoms with Crippen molar-refractivity contribution in [1.82, 2.24) is 4.98 Å². The lowest BCUT2D eigenvalue weighted by atomic mass is 10.3. The minimum atomic E-state index is -0.549. The second kappa shape index (κ2) is 6.18. The average molecular weight is 295 g/mol. The van der Waals surface area contributed by atoms with Crippen LogP contribution < -0.4 is 16.0 Å². The van der Waals surface area contributed by atoms with Crippen LogP contribution in [0.1, 0.15) is 5.69 Å². The predicted octanol–water partition coefficient (Wildman–Crippen LogP) is 2.51. The van der Waals surface area contributed by atoms with Crippen LogP contribution in [-0.4, -0.2) is 9.91 Å². The fourth-order valence-corrected chi connectivity index (χ4v) is 1.80. The van der Waals surface area contributed by atoms with E-state index in [1.807, 2.05) is 0 Å². The molecule has 0 atom stereocenters. The zero-order chi connectivity index (χ0) is 14.5. The Morgan fingerprint density at radius 1 is 1.45 bits per heavy atom. The molecule has 0 radical (unpaired) electrons. The SMILES string of the molecule is NNc1ccnc(COc2c(Cl)cccc2[N+](=O)[O-])c1. The summed E-state index contributed by atoms with van der Waals surface area (Å²) in [6, 6.07) is 7.69. The number of nitro groups is 1. The number of nitrogens with zero attached hydrogens (tertiary/aromatic N) is 2. The van der Waals surface area contributed by atoms with Crippen LogP contribution in [0.15, 0.2) is 36.5 Å². The molecule has 0 bridgehead atoms. The second-order valence-electron chi connectivity index (χ2n) is 3.81. The predicted molar refractivity (Wildman–Crippen MR) is 74.5 cm³/mol. The van der Waals surface area contributed by atoms with Crippen LogP contribution in [0.25, 0.3) is 0 Å². The molecule has 7 nitrogen and oxygen atoms in total. The van der Waals surface area contributed by atoms with E-state index in [2.05, 4.69) is 10.4 Å². The Labute approximate surface area is 119 Å². The summed E-state index contributed by atoms with van der Waals surface area (Å²) in [6.07, 6.45) is 1.55. The first-order valence-electron chi connectivity index (χ1n) is 5.59. The third-order valence-electron chi connectivity index (χ3n) is 2.49. The molecule has 8 heteroatoms. The van der Waals surface area contributed by atoms with Gasteiger partial charge >= 0.3 is 5.69 Å². The summed E-state index contributed by atoms with van der Waals surface area (Å²) in [5, 5.41) is 11.1. The van der Waals surface area contributed by atoms with Crippen LogP contribution in [-0.2, 0) is 6.61 Å². The van der Waals surface area contributed by atoms with E-state index >= 15 is 0 Å². The molecule has 0 aliphatic heterocycles. The number of nitrogen functional groups attached to an aromatic ring is 1. The number of nitrogens with one attached hydrogen (secondary N) is 1. The Hall–Kier alpha value is -2.38. The molecule has 3 N–H and O–H groups in total. The van der Waals surface area contributed by atoms with Gasteiger partial charge in [0.2, 0.25) is 5.75 Å². The standard InChI is InChI=1S/C12H11ClN4O3/c13-10-2-1-3-11(17(18)19)12(10)20-7-9-6-8(16-14)4-5-15-9/h1-6H,7,14H2,(H,15,16). The molecule has 0 aliphatic rings. The van der Waals surface area contributed by atoms with E-state index in [1.54, 1.807) is 18.3 Å². The van der Waals surface area contributed by atoms with Crippen molar-refractivity contribution in [2.24, 2.45) is 5.84 Å². The summed E-state index contributed by atoms with van der Waals surface area (Å²) in [5.41, 5.74) is 3.51. The number of para-hydroxylation sites is 1. The van der Waals surface area contributed by atoms with Crippen molar-refractivity contribution in [2.45, 2.75) is 6.61 Å². The summed E-state index contributed by atoms with van der Waals surface area (Å²) in [4.78, 5) is 14.4. The quantitative estimate of drug-likeness (QED) is 0.499. The molecule has 0 amide bonds.